The second kappa shape index (κ2) is 9.27. The van der Waals surface area contributed by atoms with Gasteiger partial charge in [0, 0.05) is 11.6 Å². The zero-order valence-corrected chi connectivity index (χ0v) is 14.9. The maximum absolute atomic E-state index is 12.2. The monoisotopic (exact) mass is 356 g/mol. The zero-order chi connectivity index (χ0) is 18.9. The van der Waals surface area contributed by atoms with E-state index < -0.39 is 5.97 Å². The van der Waals surface area contributed by atoms with Crippen molar-refractivity contribution in [3.05, 3.63) is 59.7 Å². The second-order valence-electron chi connectivity index (χ2n) is 5.21. The molecule has 2 rings (SSSR count). The van der Waals surface area contributed by atoms with E-state index in [1.165, 1.54) is 20.3 Å². The highest BCUT2D eigenvalue weighted by molar-refractivity contribution is 5.99. The minimum Gasteiger partial charge on any atom is -0.497 e. The lowest BCUT2D eigenvalue weighted by Gasteiger charge is -2.09. The molecular formula is C20H20O6. The molecule has 0 saturated carbocycles. The Morgan fingerprint density at radius 2 is 1.69 bits per heavy atom. The molecule has 0 spiro atoms. The van der Waals surface area contributed by atoms with E-state index in [0.717, 1.165) is 5.56 Å². The molecule has 0 aliphatic heterocycles. The molecule has 0 bridgehead atoms. The number of ether oxygens (including phenoxy) is 4. The van der Waals surface area contributed by atoms with Crippen LogP contribution in [0, 0.1) is 0 Å². The third kappa shape index (κ3) is 5.11. The van der Waals surface area contributed by atoms with E-state index in [4.69, 9.17) is 18.9 Å². The Hall–Kier alpha value is -3.28. The Kier molecular flexibility index (Phi) is 6.79. The lowest BCUT2D eigenvalue weighted by molar-refractivity contribution is -0.136. The van der Waals surface area contributed by atoms with Gasteiger partial charge in [-0.25, -0.2) is 4.79 Å². The molecule has 136 valence electrons. The molecule has 0 saturated heterocycles. The molecule has 0 N–H and O–H groups in total. The van der Waals surface area contributed by atoms with Crippen LogP contribution in [0.2, 0.25) is 0 Å². The number of esters is 1. The summed E-state index contributed by atoms with van der Waals surface area (Å²) in [6, 6.07) is 12.0. The van der Waals surface area contributed by atoms with Gasteiger partial charge in [-0.15, -0.1) is 0 Å². The molecule has 0 radical (unpaired) electrons. The number of carbonyl (C=O) groups is 2. The van der Waals surface area contributed by atoms with E-state index in [1.54, 1.807) is 43.5 Å². The van der Waals surface area contributed by atoms with Gasteiger partial charge in [0.1, 0.15) is 5.75 Å². The summed E-state index contributed by atoms with van der Waals surface area (Å²) in [6.45, 7) is -0.364. The second-order valence-corrected chi connectivity index (χ2v) is 5.21. The number of benzene rings is 2. The molecule has 0 unspecified atom stereocenters. The average molecular weight is 356 g/mol. The van der Waals surface area contributed by atoms with Crippen molar-refractivity contribution in [3.63, 3.8) is 0 Å². The lowest BCUT2D eigenvalue weighted by Crippen LogP contribution is -2.12. The predicted molar refractivity (Wildman–Crippen MR) is 96.9 cm³/mol. The van der Waals surface area contributed by atoms with Gasteiger partial charge in [-0.1, -0.05) is 12.1 Å². The van der Waals surface area contributed by atoms with Crippen LogP contribution in [-0.4, -0.2) is 39.7 Å². The fourth-order valence-corrected chi connectivity index (χ4v) is 2.19. The topological polar surface area (TPSA) is 71.1 Å². The van der Waals surface area contributed by atoms with E-state index in [9.17, 15) is 9.59 Å². The van der Waals surface area contributed by atoms with Gasteiger partial charge in [-0.3, -0.25) is 4.79 Å². The first-order chi connectivity index (χ1) is 12.6. The third-order valence-corrected chi connectivity index (χ3v) is 3.56. The first-order valence-corrected chi connectivity index (χ1v) is 7.81. The Morgan fingerprint density at radius 3 is 2.38 bits per heavy atom. The van der Waals surface area contributed by atoms with Gasteiger partial charge >= 0.3 is 5.97 Å². The molecule has 0 aromatic heterocycles. The Morgan fingerprint density at radius 1 is 0.923 bits per heavy atom. The summed E-state index contributed by atoms with van der Waals surface area (Å²) < 4.78 is 20.4. The highest BCUT2D eigenvalue weighted by atomic mass is 16.5. The highest BCUT2D eigenvalue weighted by Gasteiger charge is 2.12. The van der Waals surface area contributed by atoms with Crippen LogP contribution < -0.4 is 14.2 Å². The third-order valence-electron chi connectivity index (χ3n) is 3.56. The van der Waals surface area contributed by atoms with Crippen LogP contribution >= 0.6 is 0 Å². The normalized spacial score (nSPS) is 10.4. The van der Waals surface area contributed by atoms with Crippen molar-refractivity contribution in [2.45, 2.75) is 0 Å². The molecule has 2 aromatic carbocycles. The van der Waals surface area contributed by atoms with Crippen molar-refractivity contribution >= 4 is 17.8 Å². The van der Waals surface area contributed by atoms with Gasteiger partial charge in [-0.05, 0) is 42.0 Å². The number of rotatable bonds is 8. The number of carbonyl (C=O) groups excluding carboxylic acids is 2. The number of methoxy groups -OCH3 is 3. The predicted octanol–water partition coefficient (Wildman–Crippen LogP) is 3.15. The minimum atomic E-state index is -0.610. The summed E-state index contributed by atoms with van der Waals surface area (Å²) in [5, 5.41) is 0. The van der Waals surface area contributed by atoms with Crippen molar-refractivity contribution in [2.24, 2.45) is 0 Å². The molecule has 0 atom stereocenters. The van der Waals surface area contributed by atoms with Gasteiger partial charge in [0.05, 0.1) is 21.3 Å². The summed E-state index contributed by atoms with van der Waals surface area (Å²) in [4.78, 5) is 24.0. The first-order valence-electron chi connectivity index (χ1n) is 7.81. The fraction of sp³-hybridized carbons (Fsp3) is 0.200. The molecule has 2 aromatic rings. The number of ketones is 1. The van der Waals surface area contributed by atoms with E-state index in [0.29, 0.717) is 22.8 Å². The van der Waals surface area contributed by atoms with Gasteiger partial charge < -0.3 is 18.9 Å². The van der Waals surface area contributed by atoms with Crippen LogP contribution in [0.3, 0.4) is 0 Å². The number of hydrogen-bond donors (Lipinski definition) is 0. The zero-order valence-electron chi connectivity index (χ0n) is 14.9. The quantitative estimate of drug-likeness (QED) is 0.411. The Bertz CT molecular complexity index is 810. The van der Waals surface area contributed by atoms with Crippen LogP contribution in [0.4, 0.5) is 0 Å². The van der Waals surface area contributed by atoms with Crippen LogP contribution in [-0.2, 0) is 9.53 Å². The van der Waals surface area contributed by atoms with Gasteiger partial charge in [0.2, 0.25) is 0 Å². The lowest BCUT2D eigenvalue weighted by atomic mass is 10.1. The number of Topliss-reactive ketones (excluding diaryl/α,β-unsaturated/α-hetero) is 1. The van der Waals surface area contributed by atoms with Gasteiger partial charge in [-0.2, -0.15) is 0 Å². The SMILES string of the molecule is COc1cccc(/C=C/C(=O)OCC(=O)c2ccc(OC)c(OC)c2)c1. The molecule has 0 amide bonds. The fourth-order valence-electron chi connectivity index (χ4n) is 2.19. The van der Waals surface area contributed by atoms with Crippen LogP contribution in [0.1, 0.15) is 15.9 Å². The van der Waals surface area contributed by atoms with Crippen LogP contribution in [0.5, 0.6) is 17.2 Å². The van der Waals surface area contributed by atoms with Crippen LogP contribution in [0.15, 0.2) is 48.5 Å². The van der Waals surface area contributed by atoms with E-state index in [1.807, 2.05) is 12.1 Å². The highest BCUT2D eigenvalue weighted by Crippen LogP contribution is 2.27. The summed E-state index contributed by atoms with van der Waals surface area (Å²) in [5.74, 6) is 0.685. The molecule has 6 heteroatoms. The average Bonchev–Trinajstić information content (AvgIpc) is 2.69. The van der Waals surface area contributed by atoms with Crippen molar-refractivity contribution in [1.29, 1.82) is 0 Å². The molecular weight excluding hydrogens is 336 g/mol. The van der Waals surface area contributed by atoms with E-state index in [2.05, 4.69) is 0 Å². The van der Waals surface area contributed by atoms with Gasteiger partial charge in [0.15, 0.2) is 23.9 Å². The van der Waals surface area contributed by atoms with Crippen molar-refractivity contribution in [1.82, 2.24) is 0 Å². The standard InChI is InChI=1S/C20H20O6/c1-23-16-6-4-5-14(11-16)7-10-20(22)26-13-17(21)15-8-9-18(24-2)19(12-15)25-3/h4-12H,13H2,1-3H3/b10-7+. The van der Waals surface area contributed by atoms with E-state index >= 15 is 0 Å². The summed E-state index contributed by atoms with van der Waals surface area (Å²) in [6.07, 6.45) is 2.85. The smallest absolute Gasteiger partial charge is 0.331 e. The molecule has 0 aliphatic rings. The van der Waals surface area contributed by atoms with Gasteiger partial charge in [0.25, 0.3) is 0 Å². The molecule has 26 heavy (non-hydrogen) atoms. The van der Waals surface area contributed by atoms with Crippen molar-refractivity contribution in [3.8, 4) is 17.2 Å². The maximum Gasteiger partial charge on any atom is 0.331 e. The van der Waals surface area contributed by atoms with Crippen molar-refractivity contribution in [2.75, 3.05) is 27.9 Å². The Labute approximate surface area is 151 Å². The Balaban J connectivity index is 1.94. The summed E-state index contributed by atoms with van der Waals surface area (Å²) in [7, 11) is 4.56. The maximum atomic E-state index is 12.2. The molecule has 0 fully saturated rings. The largest absolute Gasteiger partial charge is 0.497 e. The van der Waals surface area contributed by atoms with Crippen molar-refractivity contribution < 1.29 is 28.5 Å². The minimum absolute atomic E-state index is 0.339. The van der Waals surface area contributed by atoms with Crippen LogP contribution in [0.25, 0.3) is 6.08 Å². The summed E-state index contributed by atoms with van der Waals surface area (Å²) in [5.41, 5.74) is 1.15. The molecule has 0 heterocycles. The first kappa shape index (κ1) is 19.1. The molecule has 0 aliphatic carbocycles. The molecule has 6 nitrogen and oxygen atoms in total. The van der Waals surface area contributed by atoms with E-state index in [-0.39, 0.29) is 12.4 Å². The number of hydrogen-bond acceptors (Lipinski definition) is 6. The summed E-state index contributed by atoms with van der Waals surface area (Å²) >= 11 is 0.